The third kappa shape index (κ3) is 2.22. The molecule has 5 nitrogen and oxygen atoms in total. The number of anilines is 1. The summed E-state index contributed by atoms with van der Waals surface area (Å²) in [4.78, 5) is 11.1. The Morgan fingerprint density at radius 2 is 2.29 bits per heavy atom. The van der Waals surface area contributed by atoms with Gasteiger partial charge in [-0.3, -0.25) is 0 Å². The Labute approximate surface area is 80.8 Å². The van der Waals surface area contributed by atoms with Crippen molar-refractivity contribution in [3.8, 4) is 0 Å². The highest BCUT2D eigenvalue weighted by atomic mass is 16.5. The Morgan fingerprint density at radius 1 is 1.57 bits per heavy atom. The molecule has 5 heteroatoms. The highest BCUT2D eigenvalue weighted by Crippen LogP contribution is 2.11. The van der Waals surface area contributed by atoms with Crippen molar-refractivity contribution in [2.45, 2.75) is 0 Å². The Hall–Kier alpha value is -2.04. The lowest BCUT2D eigenvalue weighted by atomic mass is 10.1. The first-order valence-corrected chi connectivity index (χ1v) is 3.83. The van der Waals surface area contributed by atoms with Crippen molar-refractivity contribution < 1.29 is 14.7 Å². The molecule has 14 heavy (non-hydrogen) atoms. The number of methoxy groups -OCH3 is 1. The number of hydrogen-bond acceptors (Lipinski definition) is 5. The molecule has 0 aromatic heterocycles. The van der Waals surface area contributed by atoms with Crippen LogP contribution in [0.1, 0.15) is 15.9 Å². The summed E-state index contributed by atoms with van der Waals surface area (Å²) in [6, 6.07) is 4.58. The van der Waals surface area contributed by atoms with Gasteiger partial charge in [-0.25, -0.2) is 4.79 Å². The lowest BCUT2D eigenvalue weighted by Gasteiger charge is -2.02. The van der Waals surface area contributed by atoms with Gasteiger partial charge in [-0.2, -0.15) is 0 Å². The molecule has 3 N–H and O–H groups in total. The normalized spacial score (nSPS) is 10.4. The zero-order valence-electron chi connectivity index (χ0n) is 7.60. The number of nitrogens with zero attached hydrogens (tertiary/aromatic N) is 1. The summed E-state index contributed by atoms with van der Waals surface area (Å²) in [6.07, 6.45) is 1.18. The minimum Gasteiger partial charge on any atom is -0.465 e. The molecule has 74 valence electrons. The Bertz CT molecular complexity index is 374. The predicted molar refractivity (Wildman–Crippen MR) is 51.6 cm³/mol. The fourth-order valence-corrected chi connectivity index (χ4v) is 1.05. The third-order valence-corrected chi connectivity index (χ3v) is 1.61. The zero-order valence-corrected chi connectivity index (χ0v) is 7.60. The lowest BCUT2D eigenvalue weighted by molar-refractivity contribution is 0.0601. The summed E-state index contributed by atoms with van der Waals surface area (Å²) in [5, 5.41) is 11.2. The van der Waals surface area contributed by atoms with E-state index in [1.165, 1.54) is 25.5 Å². The Kier molecular flexibility index (Phi) is 3.06. The van der Waals surface area contributed by atoms with Gasteiger partial charge in [-0.05, 0) is 23.8 Å². The molecule has 0 unspecified atom stereocenters. The van der Waals surface area contributed by atoms with E-state index in [4.69, 9.17) is 10.9 Å². The van der Waals surface area contributed by atoms with Gasteiger partial charge in [-0.1, -0.05) is 5.16 Å². The van der Waals surface area contributed by atoms with E-state index in [0.29, 0.717) is 16.8 Å². The van der Waals surface area contributed by atoms with Gasteiger partial charge in [0.25, 0.3) is 0 Å². The van der Waals surface area contributed by atoms with Gasteiger partial charge in [0, 0.05) is 5.69 Å². The van der Waals surface area contributed by atoms with Crippen LogP contribution in [0.5, 0.6) is 0 Å². The molecule has 0 aliphatic heterocycles. The summed E-state index contributed by atoms with van der Waals surface area (Å²) in [7, 11) is 1.28. The molecule has 0 heterocycles. The number of nitrogens with two attached hydrogens (primary N) is 1. The monoisotopic (exact) mass is 194 g/mol. The minimum absolute atomic E-state index is 0.322. The summed E-state index contributed by atoms with van der Waals surface area (Å²) in [5.41, 5.74) is 6.79. The summed E-state index contributed by atoms with van der Waals surface area (Å²) < 4.78 is 4.52. The summed E-state index contributed by atoms with van der Waals surface area (Å²) in [5.74, 6) is -0.482. The number of rotatable bonds is 2. The van der Waals surface area contributed by atoms with Crippen molar-refractivity contribution in [3.63, 3.8) is 0 Å². The molecule has 0 fully saturated rings. The van der Waals surface area contributed by atoms with Crippen LogP contribution in [0.3, 0.4) is 0 Å². The van der Waals surface area contributed by atoms with Gasteiger partial charge in [0.15, 0.2) is 0 Å². The Morgan fingerprint density at radius 3 is 2.86 bits per heavy atom. The predicted octanol–water partition coefficient (Wildman–Crippen LogP) is 0.864. The minimum atomic E-state index is -0.482. The molecule has 1 aromatic rings. The second kappa shape index (κ2) is 4.27. The van der Waals surface area contributed by atoms with Crippen molar-refractivity contribution in [1.82, 2.24) is 0 Å². The fourth-order valence-electron chi connectivity index (χ4n) is 1.05. The van der Waals surface area contributed by atoms with E-state index in [2.05, 4.69) is 9.89 Å². The number of benzene rings is 1. The van der Waals surface area contributed by atoms with Crippen LogP contribution in [0.25, 0.3) is 0 Å². The number of ether oxygens (including phenoxy) is 1. The molecule has 0 saturated heterocycles. The van der Waals surface area contributed by atoms with Crippen LogP contribution in [-0.4, -0.2) is 24.5 Å². The average molecular weight is 194 g/mol. The maximum atomic E-state index is 11.1. The van der Waals surface area contributed by atoms with Gasteiger partial charge in [-0.15, -0.1) is 0 Å². The lowest BCUT2D eigenvalue weighted by Crippen LogP contribution is -2.03. The van der Waals surface area contributed by atoms with Gasteiger partial charge in [0.05, 0.1) is 18.9 Å². The number of nitrogen functional groups attached to an aromatic ring is 1. The van der Waals surface area contributed by atoms with E-state index in [-0.39, 0.29) is 0 Å². The fraction of sp³-hybridized carbons (Fsp3) is 0.111. The van der Waals surface area contributed by atoms with E-state index in [1.54, 1.807) is 6.07 Å². The molecular weight excluding hydrogens is 184 g/mol. The first kappa shape index (κ1) is 10.0. The quantitative estimate of drug-likeness (QED) is 0.240. The van der Waals surface area contributed by atoms with Crippen LogP contribution >= 0.6 is 0 Å². The highest BCUT2D eigenvalue weighted by molar-refractivity contribution is 5.93. The van der Waals surface area contributed by atoms with Crippen molar-refractivity contribution in [2.24, 2.45) is 5.16 Å². The van der Waals surface area contributed by atoms with Crippen molar-refractivity contribution in [2.75, 3.05) is 12.8 Å². The SMILES string of the molecule is COC(=O)c1cc(N)cc(/C=N\O)c1. The third-order valence-electron chi connectivity index (χ3n) is 1.61. The Balaban J connectivity index is 3.13. The maximum absolute atomic E-state index is 11.1. The van der Waals surface area contributed by atoms with Crippen molar-refractivity contribution >= 4 is 17.9 Å². The summed E-state index contributed by atoms with van der Waals surface area (Å²) >= 11 is 0. The summed E-state index contributed by atoms with van der Waals surface area (Å²) in [6.45, 7) is 0. The topological polar surface area (TPSA) is 84.9 Å². The van der Waals surface area contributed by atoms with Crippen molar-refractivity contribution in [3.05, 3.63) is 29.3 Å². The first-order valence-electron chi connectivity index (χ1n) is 3.83. The average Bonchev–Trinajstić information content (AvgIpc) is 2.16. The number of hydrogen-bond donors (Lipinski definition) is 2. The van der Waals surface area contributed by atoms with E-state index < -0.39 is 5.97 Å². The smallest absolute Gasteiger partial charge is 0.337 e. The first-order chi connectivity index (χ1) is 6.67. The van der Waals surface area contributed by atoms with E-state index in [0.717, 1.165) is 0 Å². The van der Waals surface area contributed by atoms with Crippen LogP contribution in [-0.2, 0) is 4.74 Å². The van der Waals surface area contributed by atoms with Crippen LogP contribution in [0.15, 0.2) is 23.4 Å². The number of carbonyl (C=O) groups is 1. The van der Waals surface area contributed by atoms with Gasteiger partial charge in [0.1, 0.15) is 0 Å². The molecule has 0 aliphatic carbocycles. The largest absolute Gasteiger partial charge is 0.465 e. The molecule has 0 atom stereocenters. The highest BCUT2D eigenvalue weighted by Gasteiger charge is 2.06. The van der Waals surface area contributed by atoms with Crippen molar-refractivity contribution in [1.29, 1.82) is 0 Å². The maximum Gasteiger partial charge on any atom is 0.337 e. The second-order valence-electron chi connectivity index (χ2n) is 2.62. The number of carbonyl (C=O) groups excluding carboxylic acids is 1. The van der Waals surface area contributed by atoms with Crippen LogP contribution < -0.4 is 5.73 Å². The molecule has 0 saturated carbocycles. The van der Waals surface area contributed by atoms with E-state index >= 15 is 0 Å². The standard InChI is InChI=1S/C9H10N2O3/c1-14-9(12)7-2-6(5-11-13)3-8(10)4-7/h2-5,13H,10H2,1H3/b11-5-. The molecule has 1 rings (SSSR count). The molecule has 0 bridgehead atoms. The molecule has 0 aliphatic rings. The molecule has 0 amide bonds. The molecule has 1 aromatic carbocycles. The number of esters is 1. The van der Waals surface area contributed by atoms with Gasteiger partial charge >= 0.3 is 5.97 Å². The van der Waals surface area contributed by atoms with Crippen LogP contribution in [0, 0.1) is 0 Å². The van der Waals surface area contributed by atoms with E-state index in [1.807, 2.05) is 0 Å². The zero-order chi connectivity index (χ0) is 10.6. The van der Waals surface area contributed by atoms with Crippen LogP contribution in [0.2, 0.25) is 0 Å². The second-order valence-corrected chi connectivity index (χ2v) is 2.62. The van der Waals surface area contributed by atoms with Gasteiger partial charge in [0.2, 0.25) is 0 Å². The van der Waals surface area contributed by atoms with Crippen LogP contribution in [0.4, 0.5) is 5.69 Å². The molecular formula is C9H10N2O3. The molecule has 0 radical (unpaired) electrons. The van der Waals surface area contributed by atoms with E-state index in [9.17, 15) is 4.79 Å². The number of oxime groups is 1. The molecule has 0 spiro atoms. The van der Waals surface area contributed by atoms with Gasteiger partial charge < -0.3 is 15.7 Å².